The van der Waals surface area contributed by atoms with Crippen molar-refractivity contribution in [3.05, 3.63) is 70.8 Å². The standard InChI is InChI=1S/C23H26N2O4/c1-23(2,3)18-10-8-15(9-11-18)21(27)24-13-20(26)25-14-17-7-5-4-6-16(17)12-19(25)22(28)29/h4-11,19H,12-14H2,1-3H3,(H,24,27)(H,28,29). The van der Waals surface area contributed by atoms with Crippen molar-refractivity contribution in [1.29, 1.82) is 0 Å². The van der Waals surface area contributed by atoms with Crippen molar-refractivity contribution in [3.63, 3.8) is 0 Å². The van der Waals surface area contributed by atoms with Gasteiger partial charge in [-0.1, -0.05) is 57.2 Å². The normalized spacial score (nSPS) is 16.1. The van der Waals surface area contributed by atoms with Gasteiger partial charge in [-0.2, -0.15) is 0 Å². The zero-order valence-electron chi connectivity index (χ0n) is 16.9. The lowest BCUT2D eigenvalue weighted by molar-refractivity contribution is -0.150. The fourth-order valence-electron chi connectivity index (χ4n) is 3.49. The fraction of sp³-hybridized carbons (Fsp3) is 0.348. The zero-order chi connectivity index (χ0) is 21.2. The second kappa shape index (κ2) is 8.07. The maximum atomic E-state index is 12.7. The molecule has 1 heterocycles. The van der Waals surface area contributed by atoms with Gasteiger partial charge in [-0.05, 0) is 34.2 Å². The lowest BCUT2D eigenvalue weighted by Gasteiger charge is -2.34. The predicted octanol–water partition coefficient (Wildman–Crippen LogP) is 2.75. The van der Waals surface area contributed by atoms with E-state index in [0.29, 0.717) is 5.56 Å². The van der Waals surface area contributed by atoms with Crippen molar-refractivity contribution in [3.8, 4) is 0 Å². The van der Waals surface area contributed by atoms with Gasteiger partial charge < -0.3 is 15.3 Å². The van der Waals surface area contributed by atoms with E-state index < -0.39 is 17.9 Å². The molecule has 0 aromatic heterocycles. The van der Waals surface area contributed by atoms with Crippen LogP contribution >= 0.6 is 0 Å². The third kappa shape index (κ3) is 4.65. The van der Waals surface area contributed by atoms with E-state index in [9.17, 15) is 19.5 Å². The lowest BCUT2D eigenvalue weighted by Crippen LogP contribution is -2.51. The minimum absolute atomic E-state index is 0.0125. The summed E-state index contributed by atoms with van der Waals surface area (Å²) in [4.78, 5) is 38.1. The van der Waals surface area contributed by atoms with Gasteiger partial charge in [0, 0.05) is 18.5 Å². The van der Waals surface area contributed by atoms with Gasteiger partial charge in [-0.15, -0.1) is 0 Å². The van der Waals surface area contributed by atoms with Crippen molar-refractivity contribution in [2.75, 3.05) is 6.54 Å². The van der Waals surface area contributed by atoms with Crippen LogP contribution in [-0.4, -0.2) is 40.4 Å². The molecule has 0 spiro atoms. The van der Waals surface area contributed by atoms with Crippen LogP contribution in [0.5, 0.6) is 0 Å². The minimum Gasteiger partial charge on any atom is -0.480 e. The number of carbonyl (C=O) groups excluding carboxylic acids is 2. The molecule has 1 atom stereocenters. The number of nitrogens with one attached hydrogen (secondary N) is 1. The monoisotopic (exact) mass is 394 g/mol. The van der Waals surface area contributed by atoms with Gasteiger partial charge in [0.2, 0.25) is 5.91 Å². The Morgan fingerprint density at radius 2 is 1.66 bits per heavy atom. The van der Waals surface area contributed by atoms with E-state index in [2.05, 4.69) is 26.1 Å². The van der Waals surface area contributed by atoms with E-state index in [1.807, 2.05) is 36.4 Å². The molecule has 2 amide bonds. The molecule has 2 aromatic rings. The molecule has 2 aromatic carbocycles. The summed E-state index contributed by atoms with van der Waals surface area (Å²) in [6.45, 7) is 6.26. The minimum atomic E-state index is -1.04. The van der Waals surface area contributed by atoms with Crippen molar-refractivity contribution in [1.82, 2.24) is 10.2 Å². The third-order valence-electron chi connectivity index (χ3n) is 5.27. The first-order chi connectivity index (χ1) is 13.7. The molecular weight excluding hydrogens is 368 g/mol. The van der Waals surface area contributed by atoms with Gasteiger partial charge in [0.1, 0.15) is 6.04 Å². The second-order valence-corrected chi connectivity index (χ2v) is 8.36. The van der Waals surface area contributed by atoms with Gasteiger partial charge in [-0.25, -0.2) is 4.79 Å². The predicted molar refractivity (Wildman–Crippen MR) is 110 cm³/mol. The number of rotatable bonds is 4. The number of amides is 2. The number of nitrogens with zero attached hydrogens (tertiary/aromatic N) is 1. The van der Waals surface area contributed by atoms with E-state index in [4.69, 9.17) is 0 Å². The van der Waals surface area contributed by atoms with Crippen LogP contribution in [0.2, 0.25) is 0 Å². The highest BCUT2D eigenvalue weighted by molar-refractivity contribution is 5.97. The van der Waals surface area contributed by atoms with Crippen LogP contribution in [0.1, 0.15) is 47.8 Å². The summed E-state index contributed by atoms with van der Waals surface area (Å²) in [5, 5.41) is 12.2. The van der Waals surface area contributed by atoms with Crippen LogP contribution in [0, 0.1) is 0 Å². The van der Waals surface area contributed by atoms with Gasteiger partial charge >= 0.3 is 5.97 Å². The maximum Gasteiger partial charge on any atom is 0.326 e. The van der Waals surface area contributed by atoms with E-state index in [1.54, 1.807) is 12.1 Å². The number of hydrogen-bond donors (Lipinski definition) is 2. The van der Waals surface area contributed by atoms with Crippen LogP contribution < -0.4 is 5.32 Å². The van der Waals surface area contributed by atoms with Crippen molar-refractivity contribution in [2.45, 2.75) is 45.2 Å². The molecule has 0 fully saturated rings. The zero-order valence-corrected chi connectivity index (χ0v) is 16.9. The van der Waals surface area contributed by atoms with Crippen molar-refractivity contribution >= 4 is 17.8 Å². The Hall–Kier alpha value is -3.15. The average molecular weight is 394 g/mol. The molecule has 6 nitrogen and oxygen atoms in total. The molecule has 1 aliphatic heterocycles. The quantitative estimate of drug-likeness (QED) is 0.835. The smallest absolute Gasteiger partial charge is 0.326 e. The molecule has 1 unspecified atom stereocenters. The summed E-state index contributed by atoms with van der Waals surface area (Å²) < 4.78 is 0. The number of carbonyl (C=O) groups is 3. The Morgan fingerprint density at radius 1 is 1.03 bits per heavy atom. The van der Waals surface area contributed by atoms with E-state index in [0.717, 1.165) is 16.7 Å². The number of hydrogen-bond acceptors (Lipinski definition) is 3. The number of benzene rings is 2. The fourth-order valence-corrected chi connectivity index (χ4v) is 3.49. The molecule has 0 radical (unpaired) electrons. The van der Waals surface area contributed by atoms with Crippen LogP contribution in [-0.2, 0) is 28.0 Å². The number of carboxylic acids is 1. The van der Waals surface area contributed by atoms with Crippen LogP contribution in [0.25, 0.3) is 0 Å². The molecule has 152 valence electrons. The highest BCUT2D eigenvalue weighted by atomic mass is 16.4. The number of fused-ring (bicyclic) bond motifs is 1. The summed E-state index contributed by atoms with van der Waals surface area (Å²) in [7, 11) is 0. The summed E-state index contributed by atoms with van der Waals surface area (Å²) in [5.41, 5.74) is 3.43. The Morgan fingerprint density at radius 3 is 2.24 bits per heavy atom. The molecule has 6 heteroatoms. The average Bonchev–Trinajstić information content (AvgIpc) is 2.70. The third-order valence-corrected chi connectivity index (χ3v) is 5.27. The molecule has 3 rings (SSSR count). The molecule has 0 aliphatic carbocycles. The highest BCUT2D eigenvalue weighted by Crippen LogP contribution is 2.24. The molecule has 29 heavy (non-hydrogen) atoms. The molecule has 1 aliphatic rings. The van der Waals surface area contributed by atoms with Crippen LogP contribution in [0.15, 0.2) is 48.5 Å². The Kier molecular flexibility index (Phi) is 5.73. The highest BCUT2D eigenvalue weighted by Gasteiger charge is 2.34. The first-order valence-electron chi connectivity index (χ1n) is 9.64. The molecular formula is C23H26N2O4. The Balaban J connectivity index is 1.66. The molecule has 0 saturated carbocycles. The molecule has 2 N–H and O–H groups in total. The molecule has 0 saturated heterocycles. The molecule has 0 bridgehead atoms. The lowest BCUT2D eigenvalue weighted by atomic mass is 9.87. The number of aliphatic carboxylic acids is 1. The van der Waals surface area contributed by atoms with Crippen LogP contribution in [0.4, 0.5) is 0 Å². The first kappa shape index (κ1) is 20.6. The van der Waals surface area contributed by atoms with Gasteiger partial charge in [0.05, 0.1) is 6.54 Å². The summed E-state index contributed by atoms with van der Waals surface area (Å²) in [6.07, 6.45) is 0.263. The maximum absolute atomic E-state index is 12.7. The van der Waals surface area contributed by atoms with Crippen LogP contribution in [0.3, 0.4) is 0 Å². The van der Waals surface area contributed by atoms with Gasteiger partial charge in [0.25, 0.3) is 5.91 Å². The van der Waals surface area contributed by atoms with Crippen molar-refractivity contribution in [2.24, 2.45) is 0 Å². The summed E-state index contributed by atoms with van der Waals surface area (Å²) in [5.74, 6) is -1.81. The van der Waals surface area contributed by atoms with Gasteiger partial charge in [-0.3, -0.25) is 9.59 Å². The number of carboxylic acid groups (broad SMARTS) is 1. The van der Waals surface area contributed by atoms with Gasteiger partial charge in [0.15, 0.2) is 0 Å². The second-order valence-electron chi connectivity index (χ2n) is 8.36. The van der Waals surface area contributed by atoms with E-state index >= 15 is 0 Å². The van der Waals surface area contributed by atoms with E-state index in [1.165, 1.54) is 4.90 Å². The largest absolute Gasteiger partial charge is 0.480 e. The first-order valence-corrected chi connectivity index (χ1v) is 9.64. The Bertz CT molecular complexity index is 929. The summed E-state index contributed by atoms with van der Waals surface area (Å²) >= 11 is 0. The van der Waals surface area contributed by atoms with Crippen molar-refractivity contribution < 1.29 is 19.5 Å². The SMILES string of the molecule is CC(C)(C)c1ccc(C(=O)NCC(=O)N2Cc3ccccc3CC2C(=O)O)cc1. The Labute approximate surface area is 170 Å². The summed E-state index contributed by atoms with van der Waals surface area (Å²) in [6, 6.07) is 13.8. The van der Waals surface area contributed by atoms with E-state index in [-0.39, 0.29) is 30.8 Å². The topological polar surface area (TPSA) is 86.7 Å².